The van der Waals surface area contributed by atoms with Crippen molar-refractivity contribution in [2.24, 2.45) is 5.41 Å². The summed E-state index contributed by atoms with van der Waals surface area (Å²) in [5, 5.41) is 0. The van der Waals surface area contributed by atoms with E-state index in [-0.39, 0.29) is 0 Å². The Labute approximate surface area is 139 Å². The van der Waals surface area contributed by atoms with Crippen LogP contribution in [0.3, 0.4) is 0 Å². The molecule has 2 rings (SSSR count). The molecule has 1 aromatic rings. The highest BCUT2D eigenvalue weighted by Crippen LogP contribution is 2.48. The lowest BCUT2D eigenvalue weighted by Crippen LogP contribution is -2.26. The van der Waals surface area contributed by atoms with E-state index in [2.05, 4.69) is 45.0 Å². The van der Waals surface area contributed by atoms with Crippen LogP contribution in [0.25, 0.3) is 0 Å². The maximum atomic E-state index is 2.39. The van der Waals surface area contributed by atoms with Crippen molar-refractivity contribution in [2.75, 3.05) is 0 Å². The highest BCUT2D eigenvalue weighted by molar-refractivity contribution is 5.25. The first kappa shape index (κ1) is 19.3. The SMILES string of the molecule is CC.CCCC1(CCC)CCC(c2ccc(CC)cc2)CC1. The lowest BCUT2D eigenvalue weighted by Gasteiger charge is -2.40. The summed E-state index contributed by atoms with van der Waals surface area (Å²) in [6.07, 6.45) is 12.5. The van der Waals surface area contributed by atoms with Crippen LogP contribution in [0.1, 0.15) is 103 Å². The summed E-state index contributed by atoms with van der Waals surface area (Å²) in [5.41, 5.74) is 3.74. The number of rotatable bonds is 6. The van der Waals surface area contributed by atoms with Gasteiger partial charge in [-0.05, 0) is 67.4 Å². The van der Waals surface area contributed by atoms with Gasteiger partial charge in [-0.1, -0.05) is 71.7 Å². The topological polar surface area (TPSA) is 0 Å². The molecule has 1 saturated carbocycles. The van der Waals surface area contributed by atoms with Gasteiger partial charge < -0.3 is 0 Å². The molecule has 0 nitrogen and oxygen atoms in total. The highest BCUT2D eigenvalue weighted by Gasteiger charge is 2.33. The number of aryl methyl sites for hydroxylation is 1. The van der Waals surface area contributed by atoms with Crippen molar-refractivity contribution in [3.8, 4) is 0 Å². The zero-order chi connectivity index (χ0) is 16.4. The largest absolute Gasteiger partial charge is 0.0683 e. The van der Waals surface area contributed by atoms with Crippen molar-refractivity contribution in [3.63, 3.8) is 0 Å². The Morgan fingerprint density at radius 2 is 1.36 bits per heavy atom. The molecule has 126 valence electrons. The zero-order valence-corrected chi connectivity index (χ0v) is 15.8. The van der Waals surface area contributed by atoms with Crippen LogP contribution in [0.5, 0.6) is 0 Å². The average Bonchev–Trinajstić information content (AvgIpc) is 2.58. The maximum absolute atomic E-state index is 2.39. The molecule has 0 bridgehead atoms. The first-order valence-electron chi connectivity index (χ1n) is 9.82. The standard InChI is InChI=1S/C20H32.C2H6/c1-4-13-20(14-5-2)15-11-19(12-16-20)18-9-7-17(6-3)8-10-18;1-2/h7-10,19H,4-6,11-16H2,1-3H3;1-2H3. The Morgan fingerprint density at radius 1 is 0.864 bits per heavy atom. The quantitative estimate of drug-likeness (QED) is 0.509. The Hall–Kier alpha value is -0.780. The molecule has 0 radical (unpaired) electrons. The van der Waals surface area contributed by atoms with Crippen molar-refractivity contribution in [2.45, 2.75) is 98.3 Å². The van der Waals surface area contributed by atoms with E-state index in [1.165, 1.54) is 56.9 Å². The highest BCUT2D eigenvalue weighted by atomic mass is 14.4. The van der Waals surface area contributed by atoms with E-state index in [1.807, 2.05) is 13.8 Å². The second-order valence-electron chi connectivity index (χ2n) is 6.87. The Bertz CT molecular complexity index is 371. The fourth-order valence-corrected chi connectivity index (χ4v) is 4.27. The summed E-state index contributed by atoms with van der Waals surface area (Å²) < 4.78 is 0. The first-order chi connectivity index (χ1) is 10.7. The third kappa shape index (κ3) is 5.14. The first-order valence-corrected chi connectivity index (χ1v) is 9.82. The molecule has 1 aliphatic carbocycles. The molecular weight excluding hydrogens is 264 g/mol. The van der Waals surface area contributed by atoms with Crippen molar-refractivity contribution < 1.29 is 0 Å². The second-order valence-corrected chi connectivity index (χ2v) is 6.87. The molecule has 1 aliphatic rings. The third-order valence-corrected chi connectivity index (χ3v) is 5.47. The minimum absolute atomic E-state index is 0.684. The van der Waals surface area contributed by atoms with E-state index in [0.717, 1.165) is 12.3 Å². The van der Waals surface area contributed by atoms with E-state index in [0.29, 0.717) is 5.41 Å². The molecule has 0 unspecified atom stereocenters. The van der Waals surface area contributed by atoms with E-state index < -0.39 is 0 Å². The predicted molar refractivity (Wildman–Crippen MR) is 101 cm³/mol. The van der Waals surface area contributed by atoms with Crippen LogP contribution < -0.4 is 0 Å². The molecule has 22 heavy (non-hydrogen) atoms. The lowest BCUT2D eigenvalue weighted by molar-refractivity contribution is 0.142. The zero-order valence-electron chi connectivity index (χ0n) is 15.8. The van der Waals surface area contributed by atoms with Gasteiger partial charge in [0.05, 0.1) is 0 Å². The van der Waals surface area contributed by atoms with Gasteiger partial charge >= 0.3 is 0 Å². The molecule has 0 aromatic heterocycles. The summed E-state index contributed by atoms with van der Waals surface area (Å²) in [6.45, 7) is 10.9. The number of hydrogen-bond donors (Lipinski definition) is 0. The van der Waals surface area contributed by atoms with Crippen LogP contribution in [-0.2, 0) is 6.42 Å². The summed E-state index contributed by atoms with van der Waals surface area (Å²) in [6, 6.07) is 9.43. The van der Waals surface area contributed by atoms with Gasteiger partial charge in [0, 0.05) is 0 Å². The Morgan fingerprint density at radius 3 is 1.77 bits per heavy atom. The molecule has 0 heteroatoms. The van der Waals surface area contributed by atoms with Gasteiger partial charge in [0.25, 0.3) is 0 Å². The minimum Gasteiger partial charge on any atom is -0.0683 e. The minimum atomic E-state index is 0.684. The van der Waals surface area contributed by atoms with E-state index in [4.69, 9.17) is 0 Å². The van der Waals surface area contributed by atoms with Crippen LogP contribution in [0.2, 0.25) is 0 Å². The van der Waals surface area contributed by atoms with Gasteiger partial charge in [0.1, 0.15) is 0 Å². The third-order valence-electron chi connectivity index (χ3n) is 5.47. The van der Waals surface area contributed by atoms with E-state index in [1.54, 1.807) is 5.56 Å². The molecule has 0 heterocycles. The smallest absolute Gasteiger partial charge is 0.0162 e. The van der Waals surface area contributed by atoms with Crippen molar-refractivity contribution in [3.05, 3.63) is 35.4 Å². The summed E-state index contributed by atoms with van der Waals surface area (Å²) in [4.78, 5) is 0. The Kier molecular flexibility index (Phi) is 8.83. The van der Waals surface area contributed by atoms with Gasteiger partial charge in [0.2, 0.25) is 0 Å². The summed E-state index contributed by atoms with van der Waals surface area (Å²) in [7, 11) is 0. The predicted octanol–water partition coefficient (Wildman–Crippen LogP) is 7.52. The summed E-state index contributed by atoms with van der Waals surface area (Å²) in [5.74, 6) is 0.822. The van der Waals surface area contributed by atoms with Crippen LogP contribution in [-0.4, -0.2) is 0 Å². The van der Waals surface area contributed by atoms with Gasteiger partial charge in [-0.3, -0.25) is 0 Å². The normalized spacial score (nSPS) is 17.7. The Balaban J connectivity index is 0.00000116. The molecule has 0 atom stereocenters. The lowest BCUT2D eigenvalue weighted by atomic mass is 9.65. The van der Waals surface area contributed by atoms with Gasteiger partial charge in [-0.15, -0.1) is 0 Å². The van der Waals surface area contributed by atoms with Crippen LogP contribution in [0.4, 0.5) is 0 Å². The van der Waals surface area contributed by atoms with Crippen molar-refractivity contribution >= 4 is 0 Å². The molecule has 0 aliphatic heterocycles. The molecule has 1 fully saturated rings. The number of hydrogen-bond acceptors (Lipinski definition) is 0. The molecule has 0 spiro atoms. The van der Waals surface area contributed by atoms with Crippen LogP contribution >= 0.6 is 0 Å². The summed E-state index contributed by atoms with van der Waals surface area (Å²) >= 11 is 0. The monoisotopic (exact) mass is 302 g/mol. The van der Waals surface area contributed by atoms with Gasteiger partial charge in [0.15, 0.2) is 0 Å². The van der Waals surface area contributed by atoms with Crippen molar-refractivity contribution in [1.82, 2.24) is 0 Å². The second kappa shape index (κ2) is 10.1. The van der Waals surface area contributed by atoms with Crippen LogP contribution in [0.15, 0.2) is 24.3 Å². The van der Waals surface area contributed by atoms with Gasteiger partial charge in [-0.25, -0.2) is 0 Å². The van der Waals surface area contributed by atoms with E-state index >= 15 is 0 Å². The van der Waals surface area contributed by atoms with Crippen molar-refractivity contribution in [1.29, 1.82) is 0 Å². The maximum Gasteiger partial charge on any atom is -0.0162 e. The van der Waals surface area contributed by atoms with E-state index in [9.17, 15) is 0 Å². The van der Waals surface area contributed by atoms with Gasteiger partial charge in [-0.2, -0.15) is 0 Å². The van der Waals surface area contributed by atoms with Crippen LogP contribution in [0, 0.1) is 5.41 Å². The number of benzene rings is 1. The molecule has 0 N–H and O–H groups in total. The average molecular weight is 303 g/mol. The molecular formula is C22H38. The fourth-order valence-electron chi connectivity index (χ4n) is 4.27. The molecule has 0 amide bonds. The molecule has 1 aromatic carbocycles. The fraction of sp³-hybridized carbons (Fsp3) is 0.727. The molecule has 0 saturated heterocycles.